The molecule has 0 spiro atoms. The maximum absolute atomic E-state index is 11.6. The molecule has 1 aliphatic carbocycles. The van der Waals surface area contributed by atoms with Crippen LogP contribution in [-0.2, 0) is 6.42 Å². The fourth-order valence-corrected chi connectivity index (χ4v) is 1.95. The molecule has 14 heavy (non-hydrogen) atoms. The van der Waals surface area contributed by atoms with Crippen LogP contribution in [0.25, 0.3) is 0 Å². The highest BCUT2D eigenvalue weighted by Crippen LogP contribution is 2.26. The molecule has 0 radical (unpaired) electrons. The second-order valence-corrected chi connectivity index (χ2v) is 4.05. The molecule has 3 heteroatoms. The first kappa shape index (κ1) is 9.31. The van der Waals surface area contributed by atoms with Crippen molar-refractivity contribution in [2.24, 2.45) is 0 Å². The van der Waals surface area contributed by atoms with E-state index in [0.29, 0.717) is 12.3 Å². The average Bonchev–Trinajstić information content (AvgIpc) is 2.17. The van der Waals surface area contributed by atoms with Crippen molar-refractivity contribution in [1.29, 1.82) is 0 Å². The zero-order valence-electron chi connectivity index (χ0n) is 8.58. The molecule has 1 aromatic heterocycles. The van der Waals surface area contributed by atoms with Gasteiger partial charge in [-0.25, -0.2) is 0 Å². The van der Waals surface area contributed by atoms with E-state index in [1.165, 1.54) is 0 Å². The maximum Gasteiger partial charge on any atom is 0.164 e. The molecule has 74 valence electrons. The molecule has 0 saturated carbocycles. The van der Waals surface area contributed by atoms with Crippen molar-refractivity contribution in [3.05, 3.63) is 23.0 Å². The van der Waals surface area contributed by atoms with Gasteiger partial charge in [-0.3, -0.25) is 4.79 Å². The molecule has 0 amide bonds. The third-order valence-electron chi connectivity index (χ3n) is 2.66. The number of hydrogen-bond acceptors (Lipinski definition) is 3. The van der Waals surface area contributed by atoms with E-state index in [2.05, 4.69) is 24.0 Å². The van der Waals surface area contributed by atoms with Crippen LogP contribution in [0.5, 0.6) is 0 Å². The van der Waals surface area contributed by atoms with Crippen LogP contribution in [0, 0.1) is 0 Å². The minimum absolute atomic E-state index is 0.225. The number of nitrogens with zero attached hydrogens (tertiary/aromatic N) is 2. The Labute approximate surface area is 83.5 Å². The van der Waals surface area contributed by atoms with Gasteiger partial charge in [0.05, 0.1) is 11.9 Å². The summed E-state index contributed by atoms with van der Waals surface area (Å²) >= 11 is 0. The topological polar surface area (TPSA) is 42.9 Å². The minimum Gasteiger partial charge on any atom is -0.294 e. The number of carbonyl (C=O) groups excluding carboxylic acids is 1. The van der Waals surface area contributed by atoms with Crippen molar-refractivity contribution >= 4 is 5.78 Å². The first-order valence-corrected chi connectivity index (χ1v) is 5.08. The smallest absolute Gasteiger partial charge is 0.164 e. The molecule has 2 rings (SSSR count). The number of carbonyl (C=O) groups is 1. The van der Waals surface area contributed by atoms with Gasteiger partial charge in [-0.05, 0) is 24.3 Å². The molecule has 3 nitrogen and oxygen atoms in total. The Morgan fingerprint density at radius 2 is 2.14 bits per heavy atom. The van der Waals surface area contributed by atoms with Crippen molar-refractivity contribution in [3.8, 4) is 0 Å². The van der Waals surface area contributed by atoms with Gasteiger partial charge in [0.15, 0.2) is 5.78 Å². The van der Waals surface area contributed by atoms with Gasteiger partial charge in [-0.15, -0.1) is 0 Å². The fraction of sp³-hybridized carbons (Fsp3) is 0.545. The number of fused-ring (bicyclic) bond motifs is 1. The molecule has 1 aromatic rings. The van der Waals surface area contributed by atoms with Crippen LogP contribution < -0.4 is 0 Å². The minimum atomic E-state index is 0.225. The van der Waals surface area contributed by atoms with Crippen molar-refractivity contribution in [2.75, 3.05) is 0 Å². The Hall–Kier alpha value is -1.25. The van der Waals surface area contributed by atoms with Crippen molar-refractivity contribution < 1.29 is 4.79 Å². The summed E-state index contributed by atoms with van der Waals surface area (Å²) in [5.74, 6) is 0.575. The lowest BCUT2D eigenvalue weighted by Crippen LogP contribution is -2.15. The first-order valence-electron chi connectivity index (χ1n) is 5.08. The summed E-state index contributed by atoms with van der Waals surface area (Å²) in [5.41, 5.74) is 2.93. The molecule has 1 aliphatic rings. The second-order valence-electron chi connectivity index (χ2n) is 4.05. The van der Waals surface area contributed by atoms with Gasteiger partial charge >= 0.3 is 0 Å². The zero-order chi connectivity index (χ0) is 10.1. The molecular formula is C11H14N2O. The molecule has 1 heterocycles. The normalized spacial score (nSPS) is 15.8. The van der Waals surface area contributed by atoms with Crippen LogP contribution in [-0.4, -0.2) is 16.0 Å². The van der Waals surface area contributed by atoms with Crippen molar-refractivity contribution in [3.63, 3.8) is 0 Å². The lowest BCUT2D eigenvalue weighted by Gasteiger charge is -2.18. The highest BCUT2D eigenvalue weighted by atomic mass is 16.1. The molecule has 0 saturated heterocycles. The highest BCUT2D eigenvalue weighted by molar-refractivity contribution is 5.98. The zero-order valence-corrected chi connectivity index (χ0v) is 8.58. The monoisotopic (exact) mass is 190 g/mol. The Balaban J connectivity index is 2.55. The Bertz CT molecular complexity index is 372. The van der Waals surface area contributed by atoms with Gasteiger partial charge in [0, 0.05) is 12.0 Å². The second kappa shape index (κ2) is 3.48. The maximum atomic E-state index is 11.6. The molecule has 0 aromatic carbocycles. The summed E-state index contributed by atoms with van der Waals surface area (Å²) in [5, 5.41) is 8.02. The van der Waals surface area contributed by atoms with Gasteiger partial charge in [-0.2, -0.15) is 10.2 Å². The van der Waals surface area contributed by atoms with Crippen LogP contribution in [0.1, 0.15) is 54.2 Å². The summed E-state index contributed by atoms with van der Waals surface area (Å²) < 4.78 is 0. The number of ketones is 1. The highest BCUT2D eigenvalue weighted by Gasteiger charge is 2.22. The first-order chi connectivity index (χ1) is 6.70. The van der Waals surface area contributed by atoms with E-state index in [1.54, 1.807) is 6.20 Å². The van der Waals surface area contributed by atoms with Crippen LogP contribution in [0.2, 0.25) is 0 Å². The van der Waals surface area contributed by atoms with Crippen LogP contribution in [0.4, 0.5) is 0 Å². The summed E-state index contributed by atoms with van der Waals surface area (Å²) in [6, 6.07) is 0. The Kier molecular flexibility index (Phi) is 2.32. The van der Waals surface area contributed by atoms with Crippen molar-refractivity contribution in [2.45, 2.75) is 39.0 Å². The Morgan fingerprint density at radius 1 is 1.36 bits per heavy atom. The van der Waals surface area contributed by atoms with E-state index in [-0.39, 0.29) is 5.78 Å². The van der Waals surface area contributed by atoms with E-state index in [0.717, 1.165) is 29.7 Å². The van der Waals surface area contributed by atoms with Crippen molar-refractivity contribution in [1.82, 2.24) is 10.2 Å². The lowest BCUT2D eigenvalue weighted by atomic mass is 9.88. The van der Waals surface area contributed by atoms with Crippen LogP contribution in [0.3, 0.4) is 0 Å². The molecule has 0 atom stereocenters. The Morgan fingerprint density at radius 3 is 2.86 bits per heavy atom. The lowest BCUT2D eigenvalue weighted by molar-refractivity contribution is 0.0971. The molecule has 0 bridgehead atoms. The summed E-state index contributed by atoms with van der Waals surface area (Å²) in [6.07, 6.45) is 4.21. The summed E-state index contributed by atoms with van der Waals surface area (Å²) in [4.78, 5) is 11.6. The average molecular weight is 190 g/mol. The molecule has 0 unspecified atom stereocenters. The van der Waals surface area contributed by atoms with Crippen LogP contribution >= 0.6 is 0 Å². The molecular weight excluding hydrogens is 176 g/mol. The van der Waals surface area contributed by atoms with E-state index in [1.807, 2.05) is 0 Å². The third kappa shape index (κ3) is 1.43. The number of rotatable bonds is 1. The largest absolute Gasteiger partial charge is 0.294 e. The van der Waals surface area contributed by atoms with Gasteiger partial charge in [0.2, 0.25) is 0 Å². The van der Waals surface area contributed by atoms with Gasteiger partial charge in [-0.1, -0.05) is 13.8 Å². The summed E-state index contributed by atoms with van der Waals surface area (Å²) in [7, 11) is 0. The van der Waals surface area contributed by atoms with E-state index in [4.69, 9.17) is 0 Å². The number of hydrogen-bond donors (Lipinski definition) is 0. The number of aromatic nitrogens is 2. The van der Waals surface area contributed by atoms with E-state index in [9.17, 15) is 4.79 Å². The standard InChI is InChI=1S/C11H14N2O/c1-7(2)11-8-4-3-5-10(14)9(8)6-12-13-11/h6-7H,3-5H2,1-2H3. The molecule has 0 aliphatic heterocycles. The quantitative estimate of drug-likeness (QED) is 0.681. The summed E-state index contributed by atoms with van der Waals surface area (Å²) in [6.45, 7) is 4.17. The predicted octanol–water partition coefficient (Wildman–Crippen LogP) is 2.12. The van der Waals surface area contributed by atoms with Gasteiger partial charge < -0.3 is 0 Å². The predicted molar refractivity (Wildman–Crippen MR) is 53.4 cm³/mol. The van der Waals surface area contributed by atoms with E-state index < -0.39 is 0 Å². The van der Waals surface area contributed by atoms with Crippen LogP contribution in [0.15, 0.2) is 6.20 Å². The SMILES string of the molecule is CC(C)c1nncc2c1CCCC2=O. The van der Waals surface area contributed by atoms with Gasteiger partial charge in [0.25, 0.3) is 0 Å². The van der Waals surface area contributed by atoms with Gasteiger partial charge in [0.1, 0.15) is 0 Å². The molecule has 0 N–H and O–H groups in total. The molecule has 0 fully saturated rings. The fourth-order valence-electron chi connectivity index (χ4n) is 1.95. The third-order valence-corrected chi connectivity index (χ3v) is 2.66. The van der Waals surface area contributed by atoms with E-state index >= 15 is 0 Å². The number of Topliss-reactive ketones (excluding diaryl/α,β-unsaturated/α-hetero) is 1.